The Morgan fingerprint density at radius 2 is 0.763 bits per heavy atom. The first-order valence-electron chi connectivity index (χ1n) is 24.7. The Bertz CT molecular complexity index is 937. The summed E-state index contributed by atoms with van der Waals surface area (Å²) in [4.78, 5) is 49.3. The average molecular weight is 840 g/mol. The van der Waals surface area contributed by atoms with E-state index in [1.807, 2.05) is 14.1 Å². The zero-order chi connectivity index (χ0) is 43.4. The maximum atomic E-state index is 13.3. The van der Waals surface area contributed by atoms with Crippen molar-refractivity contribution in [3.05, 3.63) is 0 Å². The molecule has 1 atom stereocenters. The molecule has 0 saturated heterocycles. The smallest absolute Gasteiger partial charge is 0.481 e. The summed E-state index contributed by atoms with van der Waals surface area (Å²) >= 11 is 0. The third-order valence-electron chi connectivity index (χ3n) is 11.4. The van der Waals surface area contributed by atoms with Crippen molar-refractivity contribution in [1.29, 1.82) is 0 Å². The summed E-state index contributed by atoms with van der Waals surface area (Å²) in [7, 11) is 3.98. The Kier molecular flexibility index (Phi) is 42.0. The van der Waals surface area contributed by atoms with Gasteiger partial charge in [-0.3, -0.25) is 14.4 Å². The number of ether oxygens (including phenoxy) is 3. The summed E-state index contributed by atoms with van der Waals surface area (Å²) < 4.78 is 17.3. The highest BCUT2D eigenvalue weighted by Gasteiger charge is 2.20. The van der Waals surface area contributed by atoms with E-state index in [4.69, 9.17) is 24.4 Å². The van der Waals surface area contributed by atoms with Crippen molar-refractivity contribution in [1.82, 2.24) is 4.90 Å². The molecule has 0 spiro atoms. The first-order valence-corrected chi connectivity index (χ1v) is 24.7. The van der Waals surface area contributed by atoms with Crippen LogP contribution in [-0.4, -0.2) is 78.6 Å². The molecule has 0 fully saturated rings. The van der Waals surface area contributed by atoms with Crippen LogP contribution in [0, 0.1) is 0 Å². The Morgan fingerprint density at radius 3 is 1.12 bits per heavy atom. The lowest BCUT2D eigenvalue weighted by atomic mass is 10.0. The largest absolute Gasteiger partial charge is 0.508 e. The number of hydrogen-bond acceptors (Lipinski definition) is 8. The number of hydrogen-bond donors (Lipinski definition) is 2. The fourth-order valence-corrected chi connectivity index (χ4v) is 7.74. The zero-order valence-corrected chi connectivity index (χ0v) is 38.6. The summed E-state index contributed by atoms with van der Waals surface area (Å²) in [6.45, 7) is 3.40. The second-order valence-corrected chi connectivity index (χ2v) is 17.6. The van der Waals surface area contributed by atoms with Gasteiger partial charge in [0.15, 0.2) is 0 Å². The summed E-state index contributed by atoms with van der Waals surface area (Å²) in [6, 6.07) is 0. The summed E-state index contributed by atoms with van der Waals surface area (Å²) in [5, 5.41) is 17.6. The Labute approximate surface area is 362 Å². The van der Waals surface area contributed by atoms with Crippen molar-refractivity contribution in [3.63, 3.8) is 0 Å². The van der Waals surface area contributed by atoms with Gasteiger partial charge in [-0.15, -0.1) is 0 Å². The van der Waals surface area contributed by atoms with Crippen molar-refractivity contribution >= 4 is 24.1 Å². The van der Waals surface area contributed by atoms with Crippen LogP contribution in [0.15, 0.2) is 0 Å². The molecule has 348 valence electrons. The molecular weight excluding hydrogens is 747 g/mol. The van der Waals surface area contributed by atoms with Crippen molar-refractivity contribution in [2.75, 3.05) is 27.2 Å². The van der Waals surface area contributed by atoms with E-state index in [1.54, 1.807) is 0 Å². The number of esters is 1. The highest BCUT2D eigenvalue weighted by atomic mass is 16.7. The lowest BCUT2D eigenvalue weighted by Gasteiger charge is -2.20. The van der Waals surface area contributed by atoms with Crippen LogP contribution in [0.3, 0.4) is 0 Å². The topological polar surface area (TPSA) is 140 Å². The standard InChI is InChI=1S/C49H93NO9/c1-4-5-6-7-8-9-14-21-26-31-37-45(59-49(56)57-43-34-42-50(2)3)40-41-48(55)58-44(35-29-24-19-15-10-12-17-22-27-32-38-46(51)52)36-30-25-20-16-11-13-18-23-28-33-39-47(53)54/h44-45H,4-43H2,1-3H3,(H,51,52)(H,53,54). The van der Waals surface area contributed by atoms with Crippen LogP contribution >= 0.6 is 0 Å². The number of nitrogens with zero attached hydrogens (tertiary/aromatic N) is 1. The van der Waals surface area contributed by atoms with Gasteiger partial charge in [0.05, 0.1) is 6.61 Å². The number of carboxylic acid groups (broad SMARTS) is 2. The maximum absolute atomic E-state index is 13.3. The van der Waals surface area contributed by atoms with E-state index in [-0.39, 0.29) is 37.4 Å². The van der Waals surface area contributed by atoms with Gasteiger partial charge in [-0.05, 0) is 78.3 Å². The predicted molar refractivity (Wildman–Crippen MR) is 241 cm³/mol. The van der Waals surface area contributed by atoms with E-state index in [1.165, 1.54) is 116 Å². The lowest BCUT2D eigenvalue weighted by Crippen LogP contribution is -2.23. The molecule has 2 N–H and O–H groups in total. The molecule has 0 aromatic carbocycles. The summed E-state index contributed by atoms with van der Waals surface area (Å²) in [5.41, 5.74) is 0. The van der Waals surface area contributed by atoms with Gasteiger partial charge in [0.2, 0.25) is 0 Å². The van der Waals surface area contributed by atoms with Crippen LogP contribution in [-0.2, 0) is 28.6 Å². The second kappa shape index (κ2) is 43.7. The second-order valence-electron chi connectivity index (χ2n) is 17.6. The summed E-state index contributed by atoms with van der Waals surface area (Å²) in [5.74, 6) is -1.60. The van der Waals surface area contributed by atoms with E-state index in [0.29, 0.717) is 13.0 Å². The van der Waals surface area contributed by atoms with Gasteiger partial charge in [-0.25, -0.2) is 4.79 Å². The van der Waals surface area contributed by atoms with Gasteiger partial charge in [-0.2, -0.15) is 0 Å². The monoisotopic (exact) mass is 840 g/mol. The molecule has 0 aromatic rings. The third-order valence-corrected chi connectivity index (χ3v) is 11.4. The molecule has 0 saturated carbocycles. The average Bonchev–Trinajstić information content (AvgIpc) is 3.19. The lowest BCUT2D eigenvalue weighted by molar-refractivity contribution is -0.150. The van der Waals surface area contributed by atoms with Crippen LogP contribution < -0.4 is 0 Å². The van der Waals surface area contributed by atoms with Crippen molar-refractivity contribution in [2.24, 2.45) is 0 Å². The van der Waals surface area contributed by atoms with Crippen LogP contribution in [0.5, 0.6) is 0 Å². The normalized spacial score (nSPS) is 11.9. The van der Waals surface area contributed by atoms with E-state index < -0.39 is 18.1 Å². The number of carbonyl (C=O) groups is 4. The van der Waals surface area contributed by atoms with E-state index in [9.17, 15) is 19.2 Å². The minimum absolute atomic E-state index is 0.0814. The molecule has 0 aliphatic carbocycles. The molecule has 1 unspecified atom stereocenters. The number of unbranched alkanes of at least 4 members (excludes halogenated alkanes) is 27. The molecule has 0 rings (SSSR count). The highest BCUT2D eigenvalue weighted by Crippen LogP contribution is 2.21. The van der Waals surface area contributed by atoms with Crippen LogP contribution in [0.4, 0.5) is 4.79 Å². The van der Waals surface area contributed by atoms with Gasteiger partial charge in [0.1, 0.15) is 12.2 Å². The van der Waals surface area contributed by atoms with Gasteiger partial charge in [0, 0.05) is 25.8 Å². The van der Waals surface area contributed by atoms with Gasteiger partial charge in [-0.1, -0.05) is 167 Å². The molecule has 0 radical (unpaired) electrons. The Hall–Kier alpha value is -2.36. The fraction of sp³-hybridized carbons (Fsp3) is 0.918. The first kappa shape index (κ1) is 56.6. The number of rotatable bonds is 46. The van der Waals surface area contributed by atoms with Crippen molar-refractivity contribution < 1.29 is 43.6 Å². The van der Waals surface area contributed by atoms with Gasteiger partial charge in [0.25, 0.3) is 0 Å². The van der Waals surface area contributed by atoms with Crippen LogP contribution in [0.2, 0.25) is 0 Å². The predicted octanol–water partition coefficient (Wildman–Crippen LogP) is 14.0. The summed E-state index contributed by atoms with van der Waals surface area (Å²) in [6.07, 6.45) is 37.9. The number of carbonyl (C=O) groups excluding carboxylic acids is 2. The van der Waals surface area contributed by atoms with E-state index in [2.05, 4.69) is 11.8 Å². The highest BCUT2D eigenvalue weighted by molar-refractivity contribution is 5.69. The van der Waals surface area contributed by atoms with Crippen LogP contribution in [0.25, 0.3) is 0 Å². The van der Waals surface area contributed by atoms with Gasteiger partial charge >= 0.3 is 24.1 Å². The van der Waals surface area contributed by atoms with Gasteiger partial charge < -0.3 is 29.3 Å². The maximum Gasteiger partial charge on any atom is 0.508 e. The minimum Gasteiger partial charge on any atom is -0.481 e. The quantitative estimate of drug-likeness (QED) is 0.0450. The molecule has 10 heteroatoms. The molecule has 0 bridgehead atoms. The Balaban J connectivity index is 4.84. The van der Waals surface area contributed by atoms with Crippen molar-refractivity contribution in [3.8, 4) is 0 Å². The van der Waals surface area contributed by atoms with Crippen molar-refractivity contribution in [2.45, 2.75) is 263 Å². The number of aliphatic carboxylic acids is 2. The Morgan fingerprint density at radius 1 is 0.424 bits per heavy atom. The molecule has 0 aliphatic heterocycles. The van der Waals surface area contributed by atoms with E-state index in [0.717, 1.165) is 109 Å². The third kappa shape index (κ3) is 45.0. The number of carboxylic acids is 2. The van der Waals surface area contributed by atoms with Crippen LogP contribution in [0.1, 0.15) is 251 Å². The molecular formula is C49H93NO9. The molecule has 0 aromatic heterocycles. The van der Waals surface area contributed by atoms with E-state index >= 15 is 0 Å². The minimum atomic E-state index is -0.702. The zero-order valence-electron chi connectivity index (χ0n) is 38.6. The fourth-order valence-electron chi connectivity index (χ4n) is 7.74. The molecule has 10 nitrogen and oxygen atoms in total. The SMILES string of the molecule is CCCCCCCCCCCCC(CCC(=O)OC(CCCCCCCCCCCCC(=O)O)CCCCCCCCCCCCC(=O)O)OC(=O)OCCCN(C)C. The first-order chi connectivity index (χ1) is 28.6. The molecule has 59 heavy (non-hydrogen) atoms. The molecule has 0 aliphatic rings. The molecule has 0 amide bonds. The molecule has 0 heterocycles.